The SMILES string of the molecule is CC(C)(c1ccc(Cl)c(C(F)(F)F)c1)C1(O)CCNCC1. The van der Waals surface area contributed by atoms with Gasteiger partial charge in [-0.1, -0.05) is 31.5 Å². The van der Waals surface area contributed by atoms with Crippen LogP contribution in [0.3, 0.4) is 0 Å². The summed E-state index contributed by atoms with van der Waals surface area (Å²) in [6.07, 6.45) is -3.49. The number of halogens is 4. The zero-order chi connectivity index (χ0) is 15.9. The van der Waals surface area contributed by atoms with E-state index in [1.165, 1.54) is 6.07 Å². The van der Waals surface area contributed by atoms with Gasteiger partial charge in [-0.2, -0.15) is 13.2 Å². The molecule has 0 aromatic heterocycles. The lowest BCUT2D eigenvalue weighted by atomic mass is 9.66. The molecule has 1 aliphatic heterocycles. The zero-order valence-electron chi connectivity index (χ0n) is 12.0. The minimum atomic E-state index is -4.50. The average molecular weight is 322 g/mol. The summed E-state index contributed by atoms with van der Waals surface area (Å²) < 4.78 is 39.0. The second-order valence-corrected chi connectivity index (χ2v) is 6.51. The molecule has 0 radical (unpaired) electrons. The lowest BCUT2D eigenvalue weighted by molar-refractivity contribution is -0.137. The maximum atomic E-state index is 13.0. The highest BCUT2D eigenvalue weighted by Crippen LogP contribution is 2.43. The van der Waals surface area contributed by atoms with Crippen molar-refractivity contribution in [2.24, 2.45) is 0 Å². The summed E-state index contributed by atoms with van der Waals surface area (Å²) in [5, 5.41) is 13.7. The van der Waals surface area contributed by atoms with Gasteiger partial charge < -0.3 is 10.4 Å². The van der Waals surface area contributed by atoms with Crippen LogP contribution >= 0.6 is 11.6 Å². The van der Waals surface area contributed by atoms with E-state index < -0.39 is 22.8 Å². The fraction of sp³-hybridized carbons (Fsp3) is 0.600. The van der Waals surface area contributed by atoms with E-state index in [1.807, 2.05) is 0 Å². The van der Waals surface area contributed by atoms with Crippen LogP contribution in [0.4, 0.5) is 13.2 Å². The van der Waals surface area contributed by atoms with Crippen LogP contribution in [0.25, 0.3) is 0 Å². The highest BCUT2D eigenvalue weighted by Gasteiger charge is 2.46. The maximum absolute atomic E-state index is 13.0. The third-order valence-corrected chi connectivity index (χ3v) is 4.92. The first-order valence-electron chi connectivity index (χ1n) is 6.88. The van der Waals surface area contributed by atoms with Crippen molar-refractivity contribution in [3.05, 3.63) is 34.3 Å². The van der Waals surface area contributed by atoms with Crippen LogP contribution in [0.1, 0.15) is 37.8 Å². The Balaban J connectivity index is 2.45. The Morgan fingerprint density at radius 1 is 1.19 bits per heavy atom. The monoisotopic (exact) mass is 321 g/mol. The number of alkyl halides is 3. The molecular weight excluding hydrogens is 303 g/mol. The first-order valence-corrected chi connectivity index (χ1v) is 7.26. The van der Waals surface area contributed by atoms with Crippen LogP contribution in [-0.2, 0) is 11.6 Å². The second kappa shape index (κ2) is 5.45. The molecule has 1 saturated heterocycles. The second-order valence-electron chi connectivity index (χ2n) is 6.10. The van der Waals surface area contributed by atoms with Crippen LogP contribution < -0.4 is 5.32 Å². The van der Waals surface area contributed by atoms with E-state index in [1.54, 1.807) is 19.9 Å². The molecule has 0 bridgehead atoms. The topological polar surface area (TPSA) is 32.3 Å². The van der Waals surface area contributed by atoms with E-state index in [-0.39, 0.29) is 5.02 Å². The summed E-state index contributed by atoms with van der Waals surface area (Å²) in [6, 6.07) is 3.88. The molecule has 0 saturated carbocycles. The van der Waals surface area contributed by atoms with Crippen molar-refractivity contribution in [2.45, 2.75) is 43.9 Å². The summed E-state index contributed by atoms with van der Waals surface area (Å²) >= 11 is 5.66. The molecular formula is C15H19ClF3NO. The van der Waals surface area contributed by atoms with Crippen LogP contribution in [0.2, 0.25) is 5.02 Å². The van der Waals surface area contributed by atoms with Crippen molar-refractivity contribution < 1.29 is 18.3 Å². The van der Waals surface area contributed by atoms with E-state index in [0.29, 0.717) is 31.5 Å². The Bertz CT molecular complexity index is 522. The smallest absolute Gasteiger partial charge is 0.389 e. The van der Waals surface area contributed by atoms with Gasteiger partial charge in [0.25, 0.3) is 0 Å². The normalized spacial score (nSPS) is 19.6. The van der Waals surface area contributed by atoms with Crippen LogP contribution in [-0.4, -0.2) is 23.8 Å². The molecule has 21 heavy (non-hydrogen) atoms. The van der Waals surface area contributed by atoms with Crippen LogP contribution in [0.15, 0.2) is 18.2 Å². The summed E-state index contributed by atoms with van der Waals surface area (Å²) in [6.45, 7) is 4.86. The van der Waals surface area contributed by atoms with E-state index in [4.69, 9.17) is 11.6 Å². The predicted octanol–water partition coefficient (Wildman–Crippen LogP) is 3.75. The largest absolute Gasteiger partial charge is 0.417 e. The minimum absolute atomic E-state index is 0.320. The number of aliphatic hydroxyl groups is 1. The molecule has 1 heterocycles. The van der Waals surface area contributed by atoms with Gasteiger partial charge in [-0.25, -0.2) is 0 Å². The highest BCUT2D eigenvalue weighted by molar-refractivity contribution is 6.31. The van der Waals surface area contributed by atoms with Gasteiger partial charge >= 0.3 is 6.18 Å². The van der Waals surface area contributed by atoms with Gasteiger partial charge in [0.15, 0.2) is 0 Å². The molecule has 118 valence electrons. The molecule has 2 nitrogen and oxygen atoms in total. The van der Waals surface area contributed by atoms with E-state index in [0.717, 1.165) is 6.07 Å². The number of hydrogen-bond acceptors (Lipinski definition) is 2. The van der Waals surface area contributed by atoms with Crippen molar-refractivity contribution in [3.8, 4) is 0 Å². The van der Waals surface area contributed by atoms with Gasteiger partial charge in [0, 0.05) is 5.41 Å². The fourth-order valence-corrected chi connectivity index (χ4v) is 3.09. The Labute approximate surface area is 127 Å². The molecule has 1 aromatic carbocycles. The summed E-state index contributed by atoms with van der Waals surface area (Å²) in [7, 11) is 0. The van der Waals surface area contributed by atoms with E-state index in [2.05, 4.69) is 5.32 Å². The summed E-state index contributed by atoms with van der Waals surface area (Å²) in [4.78, 5) is 0. The standard InChI is InChI=1S/C15H19ClF3NO/c1-13(2,14(21)5-7-20-8-6-14)10-3-4-12(16)11(9-10)15(17,18)19/h3-4,9,20-21H,5-8H2,1-2H3. The molecule has 6 heteroatoms. The van der Waals surface area contributed by atoms with E-state index in [9.17, 15) is 18.3 Å². The molecule has 0 atom stereocenters. The van der Waals surface area contributed by atoms with Gasteiger partial charge in [0.2, 0.25) is 0 Å². The van der Waals surface area contributed by atoms with Crippen molar-refractivity contribution in [1.29, 1.82) is 0 Å². The average Bonchev–Trinajstić information content (AvgIpc) is 2.38. The van der Waals surface area contributed by atoms with Crippen molar-refractivity contribution in [2.75, 3.05) is 13.1 Å². The van der Waals surface area contributed by atoms with Crippen LogP contribution in [0.5, 0.6) is 0 Å². The number of hydrogen-bond donors (Lipinski definition) is 2. The third-order valence-electron chi connectivity index (χ3n) is 4.59. The fourth-order valence-electron chi connectivity index (χ4n) is 2.87. The van der Waals surface area contributed by atoms with E-state index >= 15 is 0 Å². The minimum Gasteiger partial charge on any atom is -0.389 e. The molecule has 2 rings (SSSR count). The molecule has 0 aliphatic carbocycles. The predicted molar refractivity (Wildman–Crippen MR) is 76.5 cm³/mol. The molecule has 1 fully saturated rings. The highest BCUT2D eigenvalue weighted by atomic mass is 35.5. The van der Waals surface area contributed by atoms with Crippen molar-refractivity contribution >= 4 is 11.6 Å². The lowest BCUT2D eigenvalue weighted by Crippen LogP contribution is -2.54. The molecule has 2 N–H and O–H groups in total. The number of rotatable bonds is 2. The van der Waals surface area contributed by atoms with Crippen molar-refractivity contribution in [1.82, 2.24) is 5.32 Å². The maximum Gasteiger partial charge on any atom is 0.417 e. The Morgan fingerprint density at radius 3 is 2.29 bits per heavy atom. The Kier molecular flexibility index (Phi) is 4.30. The number of benzene rings is 1. The third kappa shape index (κ3) is 3.05. The number of piperidine rings is 1. The first kappa shape index (κ1) is 16.6. The lowest BCUT2D eigenvalue weighted by Gasteiger charge is -2.46. The quantitative estimate of drug-likeness (QED) is 0.869. The molecule has 0 amide bonds. The Morgan fingerprint density at radius 2 is 1.76 bits per heavy atom. The molecule has 0 spiro atoms. The Hall–Kier alpha value is -0.780. The van der Waals surface area contributed by atoms with Gasteiger partial charge in [0.1, 0.15) is 0 Å². The van der Waals surface area contributed by atoms with Gasteiger partial charge in [-0.15, -0.1) is 0 Å². The van der Waals surface area contributed by atoms with Crippen molar-refractivity contribution in [3.63, 3.8) is 0 Å². The van der Waals surface area contributed by atoms with Gasteiger partial charge in [-0.05, 0) is 43.6 Å². The van der Waals surface area contributed by atoms with Gasteiger partial charge in [-0.3, -0.25) is 0 Å². The first-order chi connectivity index (χ1) is 9.58. The summed E-state index contributed by atoms with van der Waals surface area (Å²) in [5.41, 5.74) is -2.23. The van der Waals surface area contributed by atoms with Crippen LogP contribution in [0, 0.1) is 0 Å². The summed E-state index contributed by atoms with van der Waals surface area (Å²) in [5.74, 6) is 0. The molecule has 1 aliphatic rings. The number of nitrogens with one attached hydrogen (secondary N) is 1. The molecule has 1 aromatic rings. The molecule has 0 unspecified atom stereocenters. The zero-order valence-corrected chi connectivity index (χ0v) is 12.8. The van der Waals surface area contributed by atoms with Gasteiger partial charge in [0.05, 0.1) is 16.2 Å².